The van der Waals surface area contributed by atoms with Gasteiger partial charge >= 0.3 is 0 Å². The van der Waals surface area contributed by atoms with Gasteiger partial charge in [0.25, 0.3) is 0 Å². The number of Topliss-reactive ketones (excluding diaryl/α,β-unsaturated/α-hetero) is 1. The van der Waals surface area contributed by atoms with E-state index >= 15 is 0 Å². The van der Waals surface area contributed by atoms with Crippen LogP contribution in [-0.4, -0.2) is 40.6 Å². The summed E-state index contributed by atoms with van der Waals surface area (Å²) in [5, 5.41) is 3.34. The van der Waals surface area contributed by atoms with E-state index in [0.29, 0.717) is 43.0 Å². The van der Waals surface area contributed by atoms with Crippen molar-refractivity contribution in [2.75, 3.05) is 13.1 Å². The van der Waals surface area contributed by atoms with E-state index in [4.69, 9.17) is 5.73 Å². The van der Waals surface area contributed by atoms with E-state index in [9.17, 15) is 14.4 Å². The number of para-hydroxylation sites is 1. The zero-order chi connectivity index (χ0) is 22.7. The second-order valence-electron chi connectivity index (χ2n) is 8.02. The maximum absolute atomic E-state index is 13.5. The summed E-state index contributed by atoms with van der Waals surface area (Å²) >= 11 is 1.33. The van der Waals surface area contributed by atoms with E-state index in [1.807, 2.05) is 48.5 Å². The average Bonchev–Trinajstić information content (AvgIpc) is 3.26. The van der Waals surface area contributed by atoms with Crippen molar-refractivity contribution in [3.63, 3.8) is 0 Å². The molecule has 1 aromatic heterocycles. The second kappa shape index (κ2) is 9.58. The number of fused-ring (bicyclic) bond motifs is 1. The number of rotatable bonds is 6. The van der Waals surface area contributed by atoms with Crippen molar-refractivity contribution in [3.8, 4) is 0 Å². The fraction of sp³-hybridized carbons (Fsp3) is 0.333. The highest BCUT2D eigenvalue weighted by Crippen LogP contribution is 2.27. The first-order valence-corrected chi connectivity index (χ1v) is 11.5. The Balaban J connectivity index is 1.58. The SMILES string of the molecule is CC(=O)N1CCC(C(=O)NC(C(=O)c2nc3ccccc3s2)c2ccc(CN)cc2)CC1. The van der Waals surface area contributed by atoms with Crippen LogP contribution < -0.4 is 11.1 Å². The Morgan fingerprint density at radius 2 is 1.81 bits per heavy atom. The Labute approximate surface area is 190 Å². The fourth-order valence-corrected chi connectivity index (χ4v) is 4.90. The first kappa shape index (κ1) is 22.1. The van der Waals surface area contributed by atoms with Gasteiger partial charge in [-0.05, 0) is 36.1 Å². The highest BCUT2D eigenvalue weighted by atomic mass is 32.1. The summed E-state index contributed by atoms with van der Waals surface area (Å²) in [4.78, 5) is 44.4. The van der Waals surface area contributed by atoms with Crippen molar-refractivity contribution in [3.05, 3.63) is 64.7 Å². The molecule has 0 aliphatic carbocycles. The van der Waals surface area contributed by atoms with E-state index in [-0.39, 0.29) is 23.5 Å². The smallest absolute Gasteiger partial charge is 0.224 e. The van der Waals surface area contributed by atoms with Crippen LogP contribution in [0.4, 0.5) is 0 Å². The third kappa shape index (κ3) is 4.71. The molecule has 4 rings (SSSR count). The Kier molecular flexibility index (Phi) is 6.62. The molecule has 2 heterocycles. The van der Waals surface area contributed by atoms with Crippen molar-refractivity contribution < 1.29 is 14.4 Å². The van der Waals surface area contributed by atoms with Crippen LogP contribution in [0.5, 0.6) is 0 Å². The number of piperidine rings is 1. The quantitative estimate of drug-likeness (QED) is 0.562. The molecule has 2 aromatic carbocycles. The van der Waals surface area contributed by atoms with Gasteiger partial charge in [-0.25, -0.2) is 4.98 Å². The number of hydrogen-bond acceptors (Lipinski definition) is 6. The molecular formula is C24H26N4O3S. The lowest BCUT2D eigenvalue weighted by molar-refractivity contribution is -0.134. The first-order valence-electron chi connectivity index (χ1n) is 10.7. The summed E-state index contributed by atoms with van der Waals surface area (Å²) in [7, 11) is 0. The molecule has 0 bridgehead atoms. The molecule has 32 heavy (non-hydrogen) atoms. The number of nitrogens with one attached hydrogen (secondary N) is 1. The second-order valence-corrected chi connectivity index (χ2v) is 9.05. The van der Waals surface area contributed by atoms with E-state index in [1.165, 1.54) is 18.3 Å². The van der Waals surface area contributed by atoms with Crippen LogP contribution in [0.2, 0.25) is 0 Å². The lowest BCUT2D eigenvalue weighted by Crippen LogP contribution is -2.44. The molecule has 1 atom stereocenters. The number of benzene rings is 2. The molecule has 7 nitrogen and oxygen atoms in total. The van der Waals surface area contributed by atoms with Gasteiger partial charge in [-0.1, -0.05) is 36.4 Å². The van der Waals surface area contributed by atoms with Gasteiger partial charge in [-0.3, -0.25) is 14.4 Å². The molecule has 0 radical (unpaired) electrons. The minimum atomic E-state index is -0.833. The van der Waals surface area contributed by atoms with Crippen LogP contribution in [0.15, 0.2) is 48.5 Å². The van der Waals surface area contributed by atoms with Crippen LogP contribution in [0, 0.1) is 5.92 Å². The van der Waals surface area contributed by atoms with Crippen molar-refractivity contribution in [2.45, 2.75) is 32.4 Å². The van der Waals surface area contributed by atoms with Gasteiger partial charge < -0.3 is 16.0 Å². The molecule has 8 heteroatoms. The Morgan fingerprint density at radius 1 is 1.12 bits per heavy atom. The minimum Gasteiger partial charge on any atom is -0.343 e. The summed E-state index contributed by atoms with van der Waals surface area (Å²) in [5.41, 5.74) is 8.11. The zero-order valence-electron chi connectivity index (χ0n) is 17.9. The molecular weight excluding hydrogens is 424 g/mol. The molecule has 1 unspecified atom stereocenters. The molecule has 3 aromatic rings. The Hall–Kier alpha value is -3.10. The summed E-state index contributed by atoms with van der Waals surface area (Å²) < 4.78 is 0.927. The maximum Gasteiger partial charge on any atom is 0.224 e. The first-order chi connectivity index (χ1) is 15.5. The number of nitrogens with zero attached hydrogens (tertiary/aromatic N) is 2. The highest BCUT2D eigenvalue weighted by Gasteiger charge is 2.31. The summed E-state index contributed by atoms with van der Waals surface area (Å²) in [5.74, 6) is -0.621. The van der Waals surface area contributed by atoms with E-state index < -0.39 is 6.04 Å². The number of aromatic nitrogens is 1. The molecule has 1 saturated heterocycles. The predicted molar refractivity (Wildman–Crippen MR) is 124 cm³/mol. The van der Waals surface area contributed by atoms with Crippen molar-refractivity contribution in [1.29, 1.82) is 0 Å². The summed E-state index contributed by atoms with van der Waals surface area (Å²) in [6.45, 7) is 3.04. The molecule has 166 valence electrons. The average molecular weight is 451 g/mol. The van der Waals surface area contributed by atoms with Crippen molar-refractivity contribution >= 4 is 39.2 Å². The minimum absolute atomic E-state index is 0.0211. The van der Waals surface area contributed by atoms with Gasteiger partial charge in [0.2, 0.25) is 17.6 Å². The number of nitrogens with two attached hydrogens (primary N) is 1. The predicted octanol–water partition coefficient (Wildman–Crippen LogP) is 3.05. The monoisotopic (exact) mass is 450 g/mol. The van der Waals surface area contributed by atoms with Crippen LogP contribution in [0.1, 0.15) is 46.7 Å². The van der Waals surface area contributed by atoms with Gasteiger partial charge in [-0.2, -0.15) is 0 Å². The number of hydrogen-bond donors (Lipinski definition) is 2. The topological polar surface area (TPSA) is 105 Å². The summed E-state index contributed by atoms with van der Waals surface area (Å²) in [6, 6.07) is 14.2. The van der Waals surface area contributed by atoms with Gasteiger partial charge in [0.1, 0.15) is 6.04 Å². The van der Waals surface area contributed by atoms with Gasteiger partial charge in [0, 0.05) is 32.5 Å². The Bertz CT molecular complexity index is 1100. The third-order valence-electron chi connectivity index (χ3n) is 5.91. The zero-order valence-corrected chi connectivity index (χ0v) is 18.7. The number of amides is 2. The van der Waals surface area contributed by atoms with Crippen LogP contribution in [0.25, 0.3) is 10.2 Å². The molecule has 2 amide bonds. The van der Waals surface area contributed by atoms with Gasteiger partial charge in [-0.15, -0.1) is 11.3 Å². The number of ketones is 1. The molecule has 3 N–H and O–H groups in total. The van der Waals surface area contributed by atoms with Crippen LogP contribution in [0.3, 0.4) is 0 Å². The highest BCUT2D eigenvalue weighted by molar-refractivity contribution is 7.20. The molecule has 0 spiro atoms. The normalized spacial score (nSPS) is 15.5. The number of carbonyl (C=O) groups is 3. The Morgan fingerprint density at radius 3 is 2.44 bits per heavy atom. The van der Waals surface area contributed by atoms with Gasteiger partial charge in [0.15, 0.2) is 5.01 Å². The van der Waals surface area contributed by atoms with Crippen molar-refractivity contribution in [2.24, 2.45) is 11.7 Å². The van der Waals surface area contributed by atoms with Crippen LogP contribution >= 0.6 is 11.3 Å². The third-order valence-corrected chi connectivity index (χ3v) is 6.96. The summed E-state index contributed by atoms with van der Waals surface area (Å²) in [6.07, 6.45) is 1.17. The molecule has 1 aliphatic rings. The van der Waals surface area contributed by atoms with E-state index in [1.54, 1.807) is 4.90 Å². The lowest BCUT2D eigenvalue weighted by Gasteiger charge is -2.31. The molecule has 0 saturated carbocycles. The van der Waals surface area contributed by atoms with E-state index in [2.05, 4.69) is 10.3 Å². The van der Waals surface area contributed by atoms with Crippen LogP contribution in [-0.2, 0) is 16.1 Å². The number of likely N-dealkylation sites (tertiary alicyclic amines) is 1. The lowest BCUT2D eigenvalue weighted by atomic mass is 9.94. The molecule has 1 aliphatic heterocycles. The standard InChI is InChI=1S/C24H26N4O3S/c1-15(29)28-12-10-18(11-13-28)23(31)27-21(17-8-6-16(14-25)7-9-17)22(30)24-26-19-4-2-3-5-20(19)32-24/h2-9,18,21H,10-14,25H2,1H3,(H,27,31). The van der Waals surface area contributed by atoms with Gasteiger partial charge in [0.05, 0.1) is 10.2 Å². The number of thiazole rings is 1. The number of carbonyl (C=O) groups excluding carboxylic acids is 3. The molecule has 1 fully saturated rings. The van der Waals surface area contributed by atoms with E-state index in [0.717, 1.165) is 15.8 Å². The fourth-order valence-electron chi connectivity index (χ4n) is 3.96. The maximum atomic E-state index is 13.5. The largest absolute Gasteiger partial charge is 0.343 e. The van der Waals surface area contributed by atoms with Crippen molar-refractivity contribution in [1.82, 2.24) is 15.2 Å².